The quantitative estimate of drug-likeness (QED) is 0.238. The molecule has 0 radical (unpaired) electrons. The van der Waals surface area contributed by atoms with Gasteiger partial charge in [0, 0.05) is 27.1 Å². The van der Waals surface area contributed by atoms with E-state index in [1.165, 1.54) is 28.5 Å². The van der Waals surface area contributed by atoms with E-state index in [2.05, 4.69) is 56.5 Å². The van der Waals surface area contributed by atoms with Gasteiger partial charge in [0.15, 0.2) is 0 Å². The molecule has 5 heteroatoms. The van der Waals surface area contributed by atoms with Gasteiger partial charge in [-0.1, -0.05) is 70.2 Å². The number of thiophene rings is 1. The summed E-state index contributed by atoms with van der Waals surface area (Å²) in [4.78, 5) is 5.12. The Balaban J connectivity index is 1.77. The SMILES string of the molecule is CC(C)c1cccc(C(C)C)c1-n1c(-c2cccc3c2sc2c(F)cc(F)cc23)nc2ccccc21. The average molecular weight is 497 g/mol. The van der Waals surface area contributed by atoms with Crippen molar-refractivity contribution >= 4 is 42.5 Å². The molecule has 0 bridgehead atoms. The predicted molar refractivity (Wildman–Crippen MR) is 147 cm³/mol. The topological polar surface area (TPSA) is 17.8 Å². The summed E-state index contributed by atoms with van der Waals surface area (Å²) in [6.07, 6.45) is 0. The van der Waals surface area contributed by atoms with Crippen molar-refractivity contribution in [2.45, 2.75) is 39.5 Å². The molecule has 0 aliphatic carbocycles. The van der Waals surface area contributed by atoms with Gasteiger partial charge in [0.2, 0.25) is 0 Å². The van der Waals surface area contributed by atoms with Crippen LogP contribution in [0.4, 0.5) is 8.78 Å². The summed E-state index contributed by atoms with van der Waals surface area (Å²) in [7, 11) is 0. The average Bonchev–Trinajstić information content (AvgIpc) is 3.42. The molecule has 0 atom stereocenters. The number of fused-ring (bicyclic) bond motifs is 4. The predicted octanol–water partition coefficient (Wildman–Crippen LogP) is 9.59. The Morgan fingerprint density at radius 3 is 2.17 bits per heavy atom. The highest BCUT2D eigenvalue weighted by atomic mass is 32.1. The number of rotatable bonds is 4. The molecule has 180 valence electrons. The van der Waals surface area contributed by atoms with Crippen LogP contribution in [0, 0.1) is 11.6 Å². The first-order valence-corrected chi connectivity index (χ1v) is 13.1. The van der Waals surface area contributed by atoms with E-state index < -0.39 is 11.6 Å². The largest absolute Gasteiger partial charge is 0.292 e. The Bertz CT molecular complexity index is 1750. The summed E-state index contributed by atoms with van der Waals surface area (Å²) in [5.74, 6) is 0.335. The number of hydrogen-bond acceptors (Lipinski definition) is 2. The van der Waals surface area contributed by atoms with Crippen molar-refractivity contribution in [3.05, 3.63) is 95.6 Å². The molecule has 6 rings (SSSR count). The maximum absolute atomic E-state index is 14.8. The lowest BCUT2D eigenvalue weighted by Gasteiger charge is -2.22. The molecule has 0 fully saturated rings. The van der Waals surface area contributed by atoms with Crippen molar-refractivity contribution in [3.8, 4) is 17.1 Å². The second kappa shape index (κ2) is 8.52. The van der Waals surface area contributed by atoms with Crippen LogP contribution < -0.4 is 0 Å². The van der Waals surface area contributed by atoms with E-state index in [1.807, 2.05) is 36.4 Å². The smallest absolute Gasteiger partial charge is 0.147 e. The van der Waals surface area contributed by atoms with Crippen molar-refractivity contribution < 1.29 is 8.78 Å². The molecular formula is C31H26F2N2S. The number of benzene rings is 4. The molecule has 2 nitrogen and oxygen atoms in total. The van der Waals surface area contributed by atoms with E-state index in [9.17, 15) is 8.78 Å². The molecule has 6 aromatic rings. The van der Waals surface area contributed by atoms with Crippen molar-refractivity contribution in [2.75, 3.05) is 0 Å². The standard InChI is InChI=1S/C31H26F2N2S/c1-17(2)20-9-7-10-21(18(3)4)28(20)35-27-14-6-5-13-26(27)34-31(35)23-12-8-11-22-24-15-19(32)16-25(33)30(24)36-29(22)23/h5-18H,1-4H3. The third kappa shape index (κ3) is 3.45. The number of para-hydroxylation sites is 3. The molecule has 0 spiro atoms. The summed E-state index contributed by atoms with van der Waals surface area (Å²) in [6.45, 7) is 8.86. The van der Waals surface area contributed by atoms with Gasteiger partial charge in [-0.2, -0.15) is 0 Å². The second-order valence-corrected chi connectivity index (χ2v) is 10.9. The van der Waals surface area contributed by atoms with Crippen LogP contribution in [0.3, 0.4) is 0 Å². The Hall–Kier alpha value is -3.57. The van der Waals surface area contributed by atoms with Crippen LogP contribution in [0.15, 0.2) is 72.8 Å². The van der Waals surface area contributed by atoms with Crippen molar-refractivity contribution in [3.63, 3.8) is 0 Å². The van der Waals surface area contributed by atoms with Crippen molar-refractivity contribution in [1.29, 1.82) is 0 Å². The molecule has 0 saturated heterocycles. The summed E-state index contributed by atoms with van der Waals surface area (Å²) in [5, 5.41) is 1.44. The summed E-state index contributed by atoms with van der Waals surface area (Å²) in [6, 6.07) is 23.0. The molecule has 0 amide bonds. The van der Waals surface area contributed by atoms with Gasteiger partial charge in [-0.15, -0.1) is 11.3 Å². The molecule has 0 aliphatic rings. The molecule has 4 aromatic carbocycles. The molecule has 36 heavy (non-hydrogen) atoms. The van der Waals surface area contributed by atoms with Crippen LogP contribution in [-0.4, -0.2) is 9.55 Å². The van der Waals surface area contributed by atoms with Crippen LogP contribution in [0.5, 0.6) is 0 Å². The Labute approximate surface area is 212 Å². The molecule has 2 heterocycles. The lowest BCUT2D eigenvalue weighted by molar-refractivity contribution is 0.593. The van der Waals surface area contributed by atoms with Crippen LogP contribution in [0.1, 0.15) is 50.7 Å². The zero-order chi connectivity index (χ0) is 25.1. The van der Waals surface area contributed by atoms with E-state index in [0.717, 1.165) is 44.3 Å². The van der Waals surface area contributed by atoms with Gasteiger partial charge in [-0.3, -0.25) is 4.57 Å². The van der Waals surface area contributed by atoms with Crippen molar-refractivity contribution in [1.82, 2.24) is 9.55 Å². The highest BCUT2D eigenvalue weighted by Gasteiger charge is 2.24. The monoisotopic (exact) mass is 496 g/mol. The van der Waals surface area contributed by atoms with E-state index in [1.54, 1.807) is 0 Å². The van der Waals surface area contributed by atoms with E-state index in [-0.39, 0.29) is 0 Å². The lowest BCUT2D eigenvalue weighted by Crippen LogP contribution is -2.08. The molecule has 2 aromatic heterocycles. The van der Waals surface area contributed by atoms with Crippen LogP contribution in [0.25, 0.3) is 48.3 Å². The first-order valence-electron chi connectivity index (χ1n) is 12.3. The maximum Gasteiger partial charge on any atom is 0.147 e. The zero-order valence-corrected chi connectivity index (χ0v) is 21.5. The molecule has 0 unspecified atom stereocenters. The molecule has 0 aliphatic heterocycles. The van der Waals surface area contributed by atoms with Gasteiger partial charge in [-0.05, 0) is 47.2 Å². The van der Waals surface area contributed by atoms with E-state index in [4.69, 9.17) is 4.98 Å². The Kier molecular flexibility index (Phi) is 5.41. The minimum absolute atomic E-state index is 0.310. The fraction of sp³-hybridized carbons (Fsp3) is 0.194. The molecular weight excluding hydrogens is 470 g/mol. The maximum atomic E-state index is 14.8. The molecule has 0 saturated carbocycles. The summed E-state index contributed by atoms with van der Waals surface area (Å²) < 4.78 is 32.5. The minimum atomic E-state index is -0.565. The van der Waals surface area contributed by atoms with Crippen LogP contribution in [0.2, 0.25) is 0 Å². The number of aromatic nitrogens is 2. The first-order chi connectivity index (χ1) is 17.3. The van der Waals surface area contributed by atoms with Gasteiger partial charge in [0.1, 0.15) is 17.5 Å². The summed E-state index contributed by atoms with van der Waals surface area (Å²) >= 11 is 1.36. The fourth-order valence-electron chi connectivity index (χ4n) is 5.20. The third-order valence-corrected chi connectivity index (χ3v) is 8.15. The van der Waals surface area contributed by atoms with E-state index >= 15 is 0 Å². The van der Waals surface area contributed by atoms with Gasteiger partial charge in [0.05, 0.1) is 21.4 Å². The number of nitrogens with zero attached hydrogens (tertiary/aromatic N) is 2. The van der Waals surface area contributed by atoms with E-state index in [0.29, 0.717) is 21.9 Å². The van der Waals surface area contributed by atoms with Crippen LogP contribution in [-0.2, 0) is 0 Å². The lowest BCUT2D eigenvalue weighted by atomic mass is 9.92. The van der Waals surface area contributed by atoms with Gasteiger partial charge < -0.3 is 0 Å². The first kappa shape index (κ1) is 22.9. The normalized spacial score (nSPS) is 12.1. The fourth-order valence-corrected chi connectivity index (χ4v) is 6.40. The summed E-state index contributed by atoms with van der Waals surface area (Å²) in [5.41, 5.74) is 6.50. The third-order valence-electron chi connectivity index (χ3n) is 6.89. The number of halogens is 2. The zero-order valence-electron chi connectivity index (χ0n) is 20.6. The van der Waals surface area contributed by atoms with Gasteiger partial charge in [0.25, 0.3) is 0 Å². The minimum Gasteiger partial charge on any atom is -0.292 e. The van der Waals surface area contributed by atoms with Crippen molar-refractivity contribution in [2.24, 2.45) is 0 Å². The highest BCUT2D eigenvalue weighted by molar-refractivity contribution is 7.26. The number of imidazole rings is 1. The molecule has 0 N–H and O–H groups in total. The number of hydrogen-bond donors (Lipinski definition) is 0. The van der Waals surface area contributed by atoms with Gasteiger partial charge in [-0.25, -0.2) is 13.8 Å². The van der Waals surface area contributed by atoms with Gasteiger partial charge >= 0.3 is 0 Å². The Morgan fingerprint density at radius 1 is 0.750 bits per heavy atom. The van der Waals surface area contributed by atoms with Crippen LogP contribution >= 0.6 is 11.3 Å². The highest BCUT2D eigenvalue weighted by Crippen LogP contribution is 2.43. The second-order valence-electron chi connectivity index (χ2n) is 9.90. The Morgan fingerprint density at radius 2 is 1.44 bits per heavy atom.